The molecule has 36 heavy (non-hydrogen) atoms. The molecule has 184 valence electrons. The van der Waals surface area contributed by atoms with Gasteiger partial charge in [0.2, 0.25) is 0 Å². The SMILES string of the molecule is Cc1ccc(CN2C(=O)/C(=C\c3ccc(C(=O)NCc4cccnc4)cc3)OC3CCCCC32)cc1. The maximum atomic E-state index is 13.5. The summed E-state index contributed by atoms with van der Waals surface area (Å²) in [5.74, 6) is 0.147. The number of aryl methyl sites for hydroxylation is 1. The predicted octanol–water partition coefficient (Wildman–Crippen LogP) is 5.03. The lowest BCUT2D eigenvalue weighted by molar-refractivity contribution is -0.149. The zero-order chi connectivity index (χ0) is 24.9. The lowest BCUT2D eigenvalue weighted by Crippen LogP contribution is -2.54. The molecular weight excluding hydrogens is 450 g/mol. The second-order valence-corrected chi connectivity index (χ2v) is 9.60. The highest BCUT2D eigenvalue weighted by molar-refractivity contribution is 5.97. The van der Waals surface area contributed by atoms with Gasteiger partial charge in [-0.1, -0.05) is 54.4 Å². The van der Waals surface area contributed by atoms with E-state index in [0.29, 0.717) is 24.4 Å². The summed E-state index contributed by atoms with van der Waals surface area (Å²) < 4.78 is 6.24. The first-order chi connectivity index (χ1) is 17.6. The van der Waals surface area contributed by atoms with Crippen molar-refractivity contribution in [3.05, 3.63) is 107 Å². The Kier molecular flexibility index (Phi) is 7.12. The molecule has 2 heterocycles. The van der Waals surface area contributed by atoms with Crippen LogP contribution in [0.1, 0.15) is 58.3 Å². The number of nitrogens with zero attached hydrogens (tertiary/aromatic N) is 2. The molecule has 6 nitrogen and oxygen atoms in total. The number of rotatable bonds is 6. The monoisotopic (exact) mass is 481 g/mol. The van der Waals surface area contributed by atoms with Gasteiger partial charge in [0, 0.05) is 31.0 Å². The van der Waals surface area contributed by atoms with Crippen LogP contribution in [-0.2, 0) is 22.6 Å². The second-order valence-electron chi connectivity index (χ2n) is 9.60. The molecule has 1 aliphatic heterocycles. The zero-order valence-electron chi connectivity index (χ0n) is 20.5. The molecule has 1 saturated heterocycles. The molecular formula is C30H31N3O3. The van der Waals surface area contributed by atoms with Crippen molar-refractivity contribution in [1.29, 1.82) is 0 Å². The first-order valence-corrected chi connectivity index (χ1v) is 12.6. The summed E-state index contributed by atoms with van der Waals surface area (Å²) in [5, 5.41) is 2.91. The van der Waals surface area contributed by atoms with Crippen LogP contribution in [0, 0.1) is 6.92 Å². The molecule has 2 atom stereocenters. The van der Waals surface area contributed by atoms with Crippen LogP contribution < -0.4 is 5.32 Å². The first-order valence-electron chi connectivity index (χ1n) is 12.6. The van der Waals surface area contributed by atoms with Crippen LogP contribution in [0.4, 0.5) is 0 Å². The third-order valence-electron chi connectivity index (χ3n) is 6.94. The summed E-state index contributed by atoms with van der Waals surface area (Å²) in [6, 6.07) is 19.5. The molecule has 0 spiro atoms. The molecule has 2 fully saturated rings. The van der Waals surface area contributed by atoms with Gasteiger partial charge in [-0.05, 0) is 67.2 Å². The molecule has 3 aromatic rings. The van der Waals surface area contributed by atoms with Gasteiger partial charge in [-0.2, -0.15) is 0 Å². The Hall–Kier alpha value is -3.93. The van der Waals surface area contributed by atoms with E-state index < -0.39 is 0 Å². The summed E-state index contributed by atoms with van der Waals surface area (Å²) in [6.07, 6.45) is 9.41. The summed E-state index contributed by atoms with van der Waals surface area (Å²) in [5.41, 5.74) is 4.66. The minimum atomic E-state index is -0.155. The van der Waals surface area contributed by atoms with Crippen LogP contribution in [0.25, 0.3) is 6.08 Å². The number of nitrogens with one attached hydrogen (secondary N) is 1. The van der Waals surface area contributed by atoms with Crippen molar-refractivity contribution >= 4 is 17.9 Å². The number of aromatic nitrogens is 1. The van der Waals surface area contributed by atoms with Crippen LogP contribution in [0.2, 0.25) is 0 Å². The highest BCUT2D eigenvalue weighted by Crippen LogP contribution is 2.34. The molecule has 1 saturated carbocycles. The molecule has 2 aromatic carbocycles. The van der Waals surface area contributed by atoms with Crippen LogP contribution in [0.3, 0.4) is 0 Å². The molecule has 1 aliphatic carbocycles. The Labute approximate surface area is 212 Å². The van der Waals surface area contributed by atoms with Crippen molar-refractivity contribution in [1.82, 2.24) is 15.2 Å². The number of hydrogen-bond donors (Lipinski definition) is 1. The Morgan fingerprint density at radius 1 is 1.06 bits per heavy atom. The van der Waals surface area contributed by atoms with Crippen molar-refractivity contribution in [3.63, 3.8) is 0 Å². The van der Waals surface area contributed by atoms with Crippen molar-refractivity contribution in [3.8, 4) is 0 Å². The van der Waals surface area contributed by atoms with Gasteiger partial charge >= 0.3 is 0 Å². The molecule has 2 amide bonds. The van der Waals surface area contributed by atoms with E-state index in [4.69, 9.17) is 4.74 Å². The van der Waals surface area contributed by atoms with Gasteiger partial charge in [-0.25, -0.2) is 0 Å². The topological polar surface area (TPSA) is 71.5 Å². The lowest BCUT2D eigenvalue weighted by atomic mass is 9.89. The number of amides is 2. The van der Waals surface area contributed by atoms with E-state index in [1.807, 2.05) is 29.2 Å². The highest BCUT2D eigenvalue weighted by Gasteiger charge is 2.41. The number of carbonyl (C=O) groups excluding carboxylic acids is 2. The number of fused-ring (bicyclic) bond motifs is 1. The van der Waals surface area contributed by atoms with Gasteiger partial charge in [0.05, 0.1) is 6.04 Å². The van der Waals surface area contributed by atoms with Gasteiger partial charge < -0.3 is 15.0 Å². The largest absolute Gasteiger partial charge is 0.482 e. The van der Waals surface area contributed by atoms with E-state index in [-0.39, 0.29) is 24.0 Å². The number of morpholine rings is 1. The Balaban J connectivity index is 1.30. The van der Waals surface area contributed by atoms with Crippen molar-refractivity contribution < 1.29 is 14.3 Å². The summed E-state index contributed by atoms with van der Waals surface area (Å²) in [7, 11) is 0. The second kappa shape index (κ2) is 10.8. The fraction of sp³-hybridized carbons (Fsp3) is 0.300. The molecule has 2 aliphatic rings. The minimum absolute atomic E-state index is 0.0191. The summed E-state index contributed by atoms with van der Waals surface area (Å²) in [6.45, 7) is 3.06. The summed E-state index contributed by atoms with van der Waals surface area (Å²) >= 11 is 0. The minimum Gasteiger partial charge on any atom is -0.482 e. The maximum Gasteiger partial charge on any atom is 0.289 e. The third-order valence-corrected chi connectivity index (χ3v) is 6.94. The van der Waals surface area contributed by atoms with Gasteiger partial charge in [0.15, 0.2) is 5.76 Å². The van der Waals surface area contributed by atoms with E-state index in [2.05, 4.69) is 41.5 Å². The Morgan fingerprint density at radius 2 is 1.83 bits per heavy atom. The fourth-order valence-corrected chi connectivity index (χ4v) is 4.92. The highest BCUT2D eigenvalue weighted by atomic mass is 16.5. The van der Waals surface area contributed by atoms with Crippen LogP contribution in [-0.4, -0.2) is 33.8 Å². The van der Waals surface area contributed by atoms with Crippen molar-refractivity contribution in [2.24, 2.45) is 0 Å². The zero-order valence-corrected chi connectivity index (χ0v) is 20.5. The Morgan fingerprint density at radius 3 is 2.58 bits per heavy atom. The van der Waals surface area contributed by atoms with Crippen molar-refractivity contribution in [2.45, 2.75) is 57.8 Å². The van der Waals surface area contributed by atoms with Crippen LogP contribution in [0.5, 0.6) is 0 Å². The fourth-order valence-electron chi connectivity index (χ4n) is 4.92. The van der Waals surface area contributed by atoms with E-state index in [1.54, 1.807) is 30.6 Å². The van der Waals surface area contributed by atoms with Gasteiger partial charge in [-0.15, -0.1) is 0 Å². The number of carbonyl (C=O) groups is 2. The van der Waals surface area contributed by atoms with Crippen molar-refractivity contribution in [2.75, 3.05) is 0 Å². The smallest absolute Gasteiger partial charge is 0.289 e. The maximum absolute atomic E-state index is 13.5. The third kappa shape index (κ3) is 5.48. The van der Waals surface area contributed by atoms with E-state index >= 15 is 0 Å². The molecule has 1 N–H and O–H groups in total. The molecule has 6 heteroatoms. The van der Waals surface area contributed by atoms with Crippen LogP contribution >= 0.6 is 0 Å². The molecule has 1 aromatic heterocycles. The van der Waals surface area contributed by atoms with E-state index in [1.165, 1.54) is 5.56 Å². The Bertz CT molecular complexity index is 1240. The molecule has 0 radical (unpaired) electrons. The summed E-state index contributed by atoms with van der Waals surface area (Å²) in [4.78, 5) is 32.1. The molecule has 5 rings (SSSR count). The van der Waals surface area contributed by atoms with Gasteiger partial charge in [-0.3, -0.25) is 14.6 Å². The van der Waals surface area contributed by atoms with E-state index in [0.717, 1.165) is 42.4 Å². The number of hydrogen-bond acceptors (Lipinski definition) is 4. The average molecular weight is 482 g/mol. The quantitative estimate of drug-likeness (QED) is 0.501. The van der Waals surface area contributed by atoms with Crippen LogP contribution in [0.15, 0.2) is 78.8 Å². The standard InChI is InChI=1S/C30H31N3O3/c1-21-8-10-23(11-9-21)20-33-26-6-2-3-7-27(26)36-28(30(33)35)17-22-12-14-25(15-13-22)29(34)32-19-24-5-4-16-31-18-24/h4-5,8-18,26-27H,2-3,6-7,19-20H2,1H3,(H,32,34)/b28-17+. The predicted molar refractivity (Wildman–Crippen MR) is 139 cm³/mol. The number of ether oxygens (including phenoxy) is 1. The lowest BCUT2D eigenvalue weighted by Gasteiger charge is -2.44. The van der Waals surface area contributed by atoms with Gasteiger partial charge in [0.25, 0.3) is 11.8 Å². The van der Waals surface area contributed by atoms with E-state index in [9.17, 15) is 9.59 Å². The molecule has 2 unspecified atom stereocenters. The number of pyridine rings is 1. The average Bonchev–Trinajstić information content (AvgIpc) is 2.92. The first kappa shape index (κ1) is 23.8. The van der Waals surface area contributed by atoms with Gasteiger partial charge in [0.1, 0.15) is 6.10 Å². The normalized spacial score (nSPS) is 20.5. The number of benzene rings is 2. The molecule has 0 bridgehead atoms.